The van der Waals surface area contributed by atoms with Crippen LogP contribution in [0.15, 0.2) is 36.5 Å². The lowest BCUT2D eigenvalue weighted by atomic mass is 10.3. The van der Waals surface area contributed by atoms with Gasteiger partial charge in [0.25, 0.3) is 5.88 Å². The van der Waals surface area contributed by atoms with Gasteiger partial charge < -0.3 is 4.74 Å². The van der Waals surface area contributed by atoms with Crippen LogP contribution in [0.3, 0.4) is 0 Å². The lowest BCUT2D eigenvalue weighted by molar-refractivity contribution is 0.453. The molecule has 0 spiro atoms. The van der Waals surface area contributed by atoms with Crippen molar-refractivity contribution < 1.29 is 4.74 Å². The van der Waals surface area contributed by atoms with Crippen LogP contribution in [-0.2, 0) is 0 Å². The summed E-state index contributed by atoms with van der Waals surface area (Å²) in [6.45, 7) is 0. The minimum Gasteiger partial charge on any atom is -0.437 e. The number of rotatable bonds is 2. The first-order chi connectivity index (χ1) is 7.79. The highest BCUT2D eigenvalue weighted by Crippen LogP contribution is 2.22. The first-order valence-corrected chi connectivity index (χ1v) is 5.52. The van der Waals surface area contributed by atoms with E-state index in [1.165, 1.54) is 6.20 Å². The third-order valence-electron chi connectivity index (χ3n) is 1.84. The summed E-state index contributed by atoms with van der Waals surface area (Å²) in [6, 6.07) is 11.0. The molecule has 0 atom stereocenters. The molecule has 0 saturated carbocycles. The van der Waals surface area contributed by atoms with Crippen LogP contribution < -0.4 is 4.74 Å². The zero-order chi connectivity index (χ0) is 11.4. The van der Waals surface area contributed by atoms with Crippen molar-refractivity contribution in [1.29, 1.82) is 5.26 Å². The summed E-state index contributed by atoms with van der Waals surface area (Å²) in [4.78, 5) is 0. The highest BCUT2D eigenvalue weighted by atomic mass is 127. The van der Waals surface area contributed by atoms with Crippen LogP contribution >= 0.6 is 22.6 Å². The number of halogens is 1. The molecule has 4 nitrogen and oxygen atoms in total. The summed E-state index contributed by atoms with van der Waals surface area (Å²) in [5.41, 5.74) is 0.369. The molecule has 2 aromatic rings. The van der Waals surface area contributed by atoms with Gasteiger partial charge >= 0.3 is 0 Å². The molecule has 0 saturated heterocycles. The highest BCUT2D eigenvalue weighted by molar-refractivity contribution is 14.1. The van der Waals surface area contributed by atoms with Crippen LogP contribution in [-0.4, -0.2) is 10.2 Å². The quantitative estimate of drug-likeness (QED) is 0.798. The first-order valence-electron chi connectivity index (χ1n) is 4.45. The van der Waals surface area contributed by atoms with Gasteiger partial charge in [0, 0.05) is 3.57 Å². The van der Waals surface area contributed by atoms with Gasteiger partial charge in [-0.15, -0.1) is 5.10 Å². The Morgan fingerprint density at radius 3 is 2.62 bits per heavy atom. The van der Waals surface area contributed by atoms with Crippen LogP contribution in [0.25, 0.3) is 0 Å². The molecule has 5 heteroatoms. The van der Waals surface area contributed by atoms with E-state index in [-0.39, 0.29) is 5.88 Å². The summed E-state index contributed by atoms with van der Waals surface area (Å²) < 4.78 is 6.57. The van der Waals surface area contributed by atoms with Crippen molar-refractivity contribution in [2.45, 2.75) is 0 Å². The van der Waals surface area contributed by atoms with Crippen LogP contribution in [0.1, 0.15) is 5.56 Å². The van der Waals surface area contributed by atoms with Gasteiger partial charge in [0.05, 0.1) is 6.20 Å². The SMILES string of the molecule is N#Cc1ccnnc1Oc1ccc(I)cc1. The van der Waals surface area contributed by atoms with Gasteiger partial charge in [-0.3, -0.25) is 0 Å². The van der Waals surface area contributed by atoms with E-state index in [0.29, 0.717) is 11.3 Å². The smallest absolute Gasteiger partial charge is 0.256 e. The Morgan fingerprint density at radius 1 is 1.19 bits per heavy atom. The summed E-state index contributed by atoms with van der Waals surface area (Å²) in [5, 5.41) is 16.3. The molecule has 0 aliphatic heterocycles. The van der Waals surface area contributed by atoms with Gasteiger partial charge in [-0.25, -0.2) is 0 Å². The second kappa shape index (κ2) is 4.90. The molecule has 16 heavy (non-hydrogen) atoms. The second-order valence-corrected chi connectivity index (χ2v) is 4.16. The van der Waals surface area contributed by atoms with E-state index >= 15 is 0 Å². The van der Waals surface area contributed by atoms with E-state index in [2.05, 4.69) is 32.8 Å². The topological polar surface area (TPSA) is 58.8 Å². The van der Waals surface area contributed by atoms with E-state index < -0.39 is 0 Å². The number of ether oxygens (including phenoxy) is 1. The standard InChI is InChI=1S/C11H6IN3O/c12-9-1-3-10(4-2-9)16-11-8(7-13)5-6-14-15-11/h1-6H. The minimum absolute atomic E-state index is 0.228. The first kappa shape index (κ1) is 10.8. The molecule has 78 valence electrons. The van der Waals surface area contributed by atoms with E-state index in [1.807, 2.05) is 30.3 Å². The van der Waals surface area contributed by atoms with E-state index in [1.54, 1.807) is 6.07 Å². The average molecular weight is 323 g/mol. The zero-order valence-electron chi connectivity index (χ0n) is 8.09. The minimum atomic E-state index is 0.228. The van der Waals surface area contributed by atoms with Crippen molar-refractivity contribution in [3.05, 3.63) is 45.7 Å². The van der Waals surface area contributed by atoms with Crippen molar-refractivity contribution in [2.24, 2.45) is 0 Å². The molecule has 0 radical (unpaired) electrons. The molecule has 1 aromatic heterocycles. The maximum Gasteiger partial charge on any atom is 0.256 e. The summed E-state index contributed by atoms with van der Waals surface area (Å²) in [7, 11) is 0. The van der Waals surface area contributed by atoms with Crippen LogP contribution in [0.5, 0.6) is 11.6 Å². The monoisotopic (exact) mass is 323 g/mol. The van der Waals surface area contributed by atoms with E-state index in [0.717, 1.165) is 3.57 Å². The van der Waals surface area contributed by atoms with Crippen molar-refractivity contribution in [3.63, 3.8) is 0 Å². The van der Waals surface area contributed by atoms with Gasteiger partial charge in [-0.2, -0.15) is 10.4 Å². The highest BCUT2D eigenvalue weighted by Gasteiger charge is 2.05. The summed E-state index contributed by atoms with van der Waals surface area (Å²) in [5.74, 6) is 0.864. The molecular weight excluding hydrogens is 317 g/mol. The molecule has 0 aliphatic carbocycles. The van der Waals surface area contributed by atoms with Crippen molar-refractivity contribution >= 4 is 22.6 Å². The number of aromatic nitrogens is 2. The van der Waals surface area contributed by atoms with Crippen LogP contribution in [0.4, 0.5) is 0 Å². The zero-order valence-corrected chi connectivity index (χ0v) is 10.2. The van der Waals surface area contributed by atoms with Crippen molar-refractivity contribution in [3.8, 4) is 17.7 Å². The van der Waals surface area contributed by atoms with E-state index in [4.69, 9.17) is 10.00 Å². The Labute approximate surface area is 106 Å². The molecule has 0 unspecified atom stereocenters. The third kappa shape index (κ3) is 2.46. The average Bonchev–Trinajstić information content (AvgIpc) is 2.33. The fourth-order valence-electron chi connectivity index (χ4n) is 1.09. The molecule has 0 bridgehead atoms. The fraction of sp³-hybridized carbons (Fsp3) is 0. The molecule has 1 heterocycles. The molecule has 1 aromatic carbocycles. The normalized spacial score (nSPS) is 9.50. The largest absolute Gasteiger partial charge is 0.437 e. The lowest BCUT2D eigenvalue weighted by Gasteiger charge is -2.04. The number of hydrogen-bond donors (Lipinski definition) is 0. The Hall–Kier alpha value is -1.68. The third-order valence-corrected chi connectivity index (χ3v) is 2.55. The Bertz CT molecular complexity index is 534. The number of nitrogens with zero attached hydrogens (tertiary/aromatic N) is 3. The van der Waals surface area contributed by atoms with E-state index in [9.17, 15) is 0 Å². The summed E-state index contributed by atoms with van der Waals surface area (Å²) in [6.07, 6.45) is 1.46. The predicted molar refractivity (Wildman–Crippen MR) is 66.0 cm³/mol. The molecule has 0 amide bonds. The molecule has 0 fully saturated rings. The fourth-order valence-corrected chi connectivity index (χ4v) is 1.45. The van der Waals surface area contributed by atoms with Gasteiger partial charge in [0.15, 0.2) is 0 Å². The van der Waals surface area contributed by atoms with Crippen LogP contribution in [0.2, 0.25) is 0 Å². The van der Waals surface area contributed by atoms with Gasteiger partial charge in [0.2, 0.25) is 0 Å². The second-order valence-electron chi connectivity index (χ2n) is 2.92. The van der Waals surface area contributed by atoms with Gasteiger partial charge in [0.1, 0.15) is 17.4 Å². The summed E-state index contributed by atoms with van der Waals surface area (Å²) >= 11 is 2.21. The molecule has 2 rings (SSSR count). The molecule has 0 aliphatic rings. The van der Waals surface area contributed by atoms with Crippen LogP contribution in [0, 0.1) is 14.9 Å². The Kier molecular flexibility index (Phi) is 3.31. The maximum atomic E-state index is 8.84. The predicted octanol–water partition coefficient (Wildman–Crippen LogP) is 2.75. The molecular formula is C11H6IN3O. The molecule has 0 N–H and O–H groups in total. The van der Waals surface area contributed by atoms with Crippen molar-refractivity contribution in [1.82, 2.24) is 10.2 Å². The Morgan fingerprint density at radius 2 is 1.94 bits per heavy atom. The Balaban J connectivity index is 2.27. The van der Waals surface area contributed by atoms with Gasteiger partial charge in [-0.1, -0.05) is 0 Å². The maximum absolute atomic E-state index is 8.84. The van der Waals surface area contributed by atoms with Crippen molar-refractivity contribution in [2.75, 3.05) is 0 Å². The number of benzene rings is 1. The number of hydrogen-bond acceptors (Lipinski definition) is 4. The lowest BCUT2D eigenvalue weighted by Crippen LogP contribution is -1.93. The van der Waals surface area contributed by atoms with Gasteiger partial charge in [-0.05, 0) is 52.9 Å². The number of nitriles is 1.